The van der Waals surface area contributed by atoms with Crippen LogP contribution in [-0.4, -0.2) is 22.6 Å². The largest absolute Gasteiger partial charge is 0.360 e. The highest BCUT2D eigenvalue weighted by Crippen LogP contribution is 2.17. The van der Waals surface area contributed by atoms with Crippen molar-refractivity contribution in [1.29, 1.82) is 0 Å². The van der Waals surface area contributed by atoms with Gasteiger partial charge in [0.05, 0.1) is 0 Å². The summed E-state index contributed by atoms with van der Waals surface area (Å²) >= 11 is 1.25. The van der Waals surface area contributed by atoms with Crippen LogP contribution in [0.15, 0.2) is 24.3 Å². The molecule has 0 atom stereocenters. The lowest BCUT2D eigenvalue weighted by atomic mass is 10.1. The Labute approximate surface area is 116 Å². The maximum absolute atomic E-state index is 12.0. The minimum atomic E-state index is -0.227. The van der Waals surface area contributed by atoms with Gasteiger partial charge < -0.3 is 10.6 Å². The van der Waals surface area contributed by atoms with E-state index in [4.69, 9.17) is 0 Å². The minimum absolute atomic E-state index is 0.227. The number of aromatic nitrogens is 2. The van der Waals surface area contributed by atoms with Crippen LogP contribution in [0, 0.1) is 0 Å². The van der Waals surface area contributed by atoms with Crippen molar-refractivity contribution in [2.24, 2.45) is 0 Å². The van der Waals surface area contributed by atoms with Gasteiger partial charge in [-0.05, 0) is 31.0 Å². The third kappa shape index (κ3) is 3.51. The summed E-state index contributed by atoms with van der Waals surface area (Å²) in [6.07, 6.45) is 0.938. The van der Waals surface area contributed by atoms with E-state index in [9.17, 15) is 4.79 Å². The molecule has 0 unspecified atom stereocenters. The standard InChI is InChI=1S/C13H16N4OS/c1-3-9-6-5-7-10(8-9)15-11(18)12-16-17-13(19-12)14-4-2/h5-8H,3-4H2,1-2H3,(H,14,17)(H,15,18). The lowest BCUT2D eigenvalue weighted by molar-refractivity contribution is 0.102. The van der Waals surface area contributed by atoms with Crippen LogP contribution >= 0.6 is 11.3 Å². The number of carbonyl (C=O) groups is 1. The number of benzene rings is 1. The van der Waals surface area contributed by atoms with Crippen molar-refractivity contribution in [3.63, 3.8) is 0 Å². The van der Waals surface area contributed by atoms with Gasteiger partial charge in [0, 0.05) is 12.2 Å². The maximum Gasteiger partial charge on any atom is 0.286 e. The molecule has 5 nitrogen and oxygen atoms in total. The van der Waals surface area contributed by atoms with Crippen molar-refractivity contribution in [2.45, 2.75) is 20.3 Å². The SMILES string of the molecule is CCNc1nnc(C(=O)Nc2cccc(CC)c2)s1. The van der Waals surface area contributed by atoms with Gasteiger partial charge in [0.2, 0.25) is 10.1 Å². The zero-order chi connectivity index (χ0) is 13.7. The number of carbonyl (C=O) groups excluding carboxylic acids is 1. The van der Waals surface area contributed by atoms with Gasteiger partial charge >= 0.3 is 0 Å². The second-order valence-corrected chi connectivity index (χ2v) is 4.93. The van der Waals surface area contributed by atoms with E-state index in [0.29, 0.717) is 10.1 Å². The number of amides is 1. The Morgan fingerprint density at radius 3 is 2.89 bits per heavy atom. The monoisotopic (exact) mass is 276 g/mol. The average molecular weight is 276 g/mol. The number of rotatable bonds is 5. The van der Waals surface area contributed by atoms with E-state index in [1.807, 2.05) is 31.2 Å². The molecular formula is C13H16N4OS. The Bertz CT molecular complexity index is 567. The Morgan fingerprint density at radius 2 is 2.16 bits per heavy atom. The normalized spacial score (nSPS) is 10.2. The average Bonchev–Trinajstić information content (AvgIpc) is 2.88. The predicted octanol–water partition coefficient (Wildman–Crippen LogP) is 2.78. The fraction of sp³-hybridized carbons (Fsp3) is 0.308. The van der Waals surface area contributed by atoms with E-state index in [2.05, 4.69) is 27.8 Å². The lowest BCUT2D eigenvalue weighted by Gasteiger charge is -2.04. The van der Waals surface area contributed by atoms with Crippen LogP contribution in [0.25, 0.3) is 0 Å². The third-order valence-corrected chi connectivity index (χ3v) is 3.42. The molecule has 1 heterocycles. The van der Waals surface area contributed by atoms with Gasteiger partial charge in [0.1, 0.15) is 0 Å². The van der Waals surface area contributed by atoms with Crippen LogP contribution in [0.5, 0.6) is 0 Å². The Kier molecular flexibility index (Phi) is 4.46. The minimum Gasteiger partial charge on any atom is -0.360 e. The topological polar surface area (TPSA) is 66.9 Å². The van der Waals surface area contributed by atoms with Gasteiger partial charge in [-0.15, -0.1) is 10.2 Å². The molecule has 2 aromatic rings. The van der Waals surface area contributed by atoms with Gasteiger partial charge in [0.25, 0.3) is 5.91 Å². The number of nitrogens with one attached hydrogen (secondary N) is 2. The number of nitrogens with zero attached hydrogens (tertiary/aromatic N) is 2. The summed E-state index contributed by atoms with van der Waals surface area (Å²) in [5.41, 5.74) is 1.97. The number of anilines is 2. The summed E-state index contributed by atoms with van der Waals surface area (Å²) in [5, 5.41) is 14.6. The Morgan fingerprint density at radius 1 is 1.32 bits per heavy atom. The first-order valence-corrected chi connectivity index (χ1v) is 7.02. The molecule has 1 aromatic carbocycles. The molecular weight excluding hydrogens is 260 g/mol. The van der Waals surface area contributed by atoms with Crippen LogP contribution in [-0.2, 0) is 6.42 Å². The van der Waals surface area contributed by atoms with E-state index < -0.39 is 0 Å². The van der Waals surface area contributed by atoms with E-state index in [-0.39, 0.29) is 5.91 Å². The van der Waals surface area contributed by atoms with Crippen LogP contribution < -0.4 is 10.6 Å². The first-order chi connectivity index (χ1) is 9.22. The lowest BCUT2D eigenvalue weighted by Crippen LogP contribution is -2.11. The summed E-state index contributed by atoms with van der Waals surface area (Å²) < 4.78 is 0. The molecule has 2 rings (SSSR count). The molecule has 19 heavy (non-hydrogen) atoms. The second kappa shape index (κ2) is 6.29. The van der Waals surface area contributed by atoms with Gasteiger partial charge in [-0.3, -0.25) is 4.79 Å². The molecule has 0 aliphatic carbocycles. The zero-order valence-electron chi connectivity index (χ0n) is 10.9. The molecule has 0 aliphatic rings. The molecule has 6 heteroatoms. The summed E-state index contributed by atoms with van der Waals surface area (Å²) in [7, 11) is 0. The van der Waals surface area contributed by atoms with Crippen LogP contribution in [0.3, 0.4) is 0 Å². The fourth-order valence-corrected chi connectivity index (χ4v) is 2.30. The Hall–Kier alpha value is -1.95. The number of hydrogen-bond donors (Lipinski definition) is 2. The van der Waals surface area contributed by atoms with Crippen LogP contribution in [0.2, 0.25) is 0 Å². The van der Waals surface area contributed by atoms with E-state index >= 15 is 0 Å². The van der Waals surface area contributed by atoms with E-state index in [0.717, 1.165) is 18.7 Å². The van der Waals surface area contributed by atoms with Crippen molar-refractivity contribution in [3.05, 3.63) is 34.8 Å². The molecule has 0 spiro atoms. The molecule has 2 N–H and O–H groups in total. The van der Waals surface area contributed by atoms with Gasteiger partial charge in [-0.25, -0.2) is 0 Å². The molecule has 0 bridgehead atoms. The highest BCUT2D eigenvalue weighted by atomic mass is 32.1. The summed E-state index contributed by atoms with van der Waals surface area (Å²) in [6, 6.07) is 7.79. The smallest absolute Gasteiger partial charge is 0.286 e. The van der Waals surface area contributed by atoms with Crippen molar-refractivity contribution >= 4 is 28.1 Å². The van der Waals surface area contributed by atoms with Gasteiger partial charge in [-0.2, -0.15) is 0 Å². The first kappa shape index (κ1) is 13.5. The highest BCUT2D eigenvalue weighted by Gasteiger charge is 2.12. The molecule has 0 saturated carbocycles. The molecule has 0 saturated heterocycles. The summed E-state index contributed by atoms with van der Waals surface area (Å²) in [6.45, 7) is 4.81. The maximum atomic E-state index is 12.0. The van der Waals surface area contributed by atoms with E-state index in [1.165, 1.54) is 16.9 Å². The molecule has 1 amide bonds. The molecule has 0 radical (unpaired) electrons. The van der Waals surface area contributed by atoms with Gasteiger partial charge in [-0.1, -0.05) is 30.4 Å². The fourth-order valence-electron chi connectivity index (χ4n) is 1.59. The van der Waals surface area contributed by atoms with Crippen molar-refractivity contribution in [2.75, 3.05) is 17.2 Å². The summed E-state index contributed by atoms with van der Waals surface area (Å²) in [4.78, 5) is 12.0. The van der Waals surface area contributed by atoms with Gasteiger partial charge in [0.15, 0.2) is 0 Å². The van der Waals surface area contributed by atoms with Crippen molar-refractivity contribution in [3.8, 4) is 0 Å². The molecule has 1 aromatic heterocycles. The highest BCUT2D eigenvalue weighted by molar-refractivity contribution is 7.17. The molecule has 100 valence electrons. The molecule has 0 fully saturated rings. The van der Waals surface area contributed by atoms with Crippen LogP contribution in [0.1, 0.15) is 29.2 Å². The predicted molar refractivity (Wildman–Crippen MR) is 77.8 cm³/mol. The van der Waals surface area contributed by atoms with E-state index in [1.54, 1.807) is 0 Å². The quantitative estimate of drug-likeness (QED) is 0.881. The van der Waals surface area contributed by atoms with Crippen molar-refractivity contribution < 1.29 is 4.79 Å². The van der Waals surface area contributed by atoms with Crippen LogP contribution in [0.4, 0.5) is 10.8 Å². The third-order valence-electron chi connectivity index (χ3n) is 2.54. The molecule has 0 aliphatic heterocycles. The number of hydrogen-bond acceptors (Lipinski definition) is 5. The van der Waals surface area contributed by atoms with Crippen molar-refractivity contribution in [1.82, 2.24) is 10.2 Å². The summed E-state index contributed by atoms with van der Waals surface area (Å²) in [5.74, 6) is -0.227. The zero-order valence-corrected chi connectivity index (χ0v) is 11.8. The Balaban J connectivity index is 2.06. The second-order valence-electron chi connectivity index (χ2n) is 3.95. The number of aryl methyl sites for hydroxylation is 1. The first-order valence-electron chi connectivity index (χ1n) is 6.20.